The van der Waals surface area contributed by atoms with E-state index in [1.54, 1.807) is 29.7 Å². The maximum Gasteiger partial charge on any atom is 0.306 e. The minimum atomic E-state index is -0.347. The van der Waals surface area contributed by atoms with Crippen LogP contribution in [0.3, 0.4) is 0 Å². The molecule has 0 N–H and O–H groups in total. The molecule has 2 rings (SSSR count). The summed E-state index contributed by atoms with van der Waals surface area (Å²) in [5, 5.41) is 0.804. The van der Waals surface area contributed by atoms with Crippen LogP contribution >= 0.6 is 35.0 Å². The second kappa shape index (κ2) is 8.09. The average Bonchev–Trinajstić information content (AvgIpc) is 2.97. The second-order valence-corrected chi connectivity index (χ2v) is 6.73. The first-order chi connectivity index (χ1) is 10.5. The maximum absolute atomic E-state index is 12.4. The molecule has 0 bridgehead atoms. The third-order valence-electron chi connectivity index (χ3n) is 3.31. The van der Waals surface area contributed by atoms with Crippen molar-refractivity contribution < 1.29 is 14.3 Å². The van der Waals surface area contributed by atoms with Crippen LogP contribution in [0.2, 0.25) is 10.0 Å². The fourth-order valence-corrected chi connectivity index (χ4v) is 4.06. The number of nitrogens with zero attached hydrogens (tertiary/aromatic N) is 1. The number of amides is 1. The van der Waals surface area contributed by atoms with Crippen LogP contribution in [0.15, 0.2) is 18.2 Å². The molecule has 7 heteroatoms. The van der Waals surface area contributed by atoms with Gasteiger partial charge in [0.15, 0.2) is 0 Å². The lowest BCUT2D eigenvalue weighted by atomic mass is 10.2. The van der Waals surface area contributed by atoms with Gasteiger partial charge in [-0.2, -0.15) is 0 Å². The second-order valence-electron chi connectivity index (χ2n) is 4.76. The van der Waals surface area contributed by atoms with Crippen LogP contribution in [0.25, 0.3) is 0 Å². The summed E-state index contributed by atoms with van der Waals surface area (Å²) in [6.45, 7) is 2.71. The zero-order valence-corrected chi connectivity index (χ0v) is 14.5. The van der Waals surface area contributed by atoms with Crippen molar-refractivity contribution in [2.45, 2.75) is 25.1 Å². The maximum atomic E-state index is 12.4. The first kappa shape index (κ1) is 17.4. The van der Waals surface area contributed by atoms with E-state index in [0.29, 0.717) is 23.2 Å². The summed E-state index contributed by atoms with van der Waals surface area (Å²) in [4.78, 5) is 25.5. The topological polar surface area (TPSA) is 46.6 Å². The minimum Gasteiger partial charge on any atom is -0.466 e. The van der Waals surface area contributed by atoms with Gasteiger partial charge in [-0.3, -0.25) is 9.59 Å². The molecule has 22 heavy (non-hydrogen) atoms. The average molecular weight is 362 g/mol. The Morgan fingerprint density at radius 2 is 2.14 bits per heavy atom. The minimum absolute atomic E-state index is 0.0703. The monoisotopic (exact) mass is 361 g/mol. The van der Waals surface area contributed by atoms with Gasteiger partial charge in [-0.1, -0.05) is 35.3 Å². The molecule has 1 amide bonds. The van der Waals surface area contributed by atoms with E-state index in [2.05, 4.69) is 0 Å². The number of ether oxygens (including phenoxy) is 1. The van der Waals surface area contributed by atoms with Crippen molar-refractivity contribution >= 4 is 46.8 Å². The molecule has 1 fully saturated rings. The molecule has 120 valence electrons. The molecule has 4 nitrogen and oxygen atoms in total. The normalized spacial score (nSPS) is 17.6. The Balaban J connectivity index is 2.05. The molecule has 1 heterocycles. The fraction of sp³-hybridized carbons (Fsp3) is 0.467. The van der Waals surface area contributed by atoms with Crippen LogP contribution in [0.4, 0.5) is 0 Å². The van der Waals surface area contributed by atoms with Gasteiger partial charge in [0.25, 0.3) is 0 Å². The fourth-order valence-electron chi connectivity index (χ4n) is 2.28. The van der Waals surface area contributed by atoms with Gasteiger partial charge < -0.3 is 9.64 Å². The van der Waals surface area contributed by atoms with Crippen LogP contribution in [0.1, 0.15) is 30.7 Å². The summed E-state index contributed by atoms with van der Waals surface area (Å²) in [7, 11) is 0. The van der Waals surface area contributed by atoms with Gasteiger partial charge >= 0.3 is 5.97 Å². The highest BCUT2D eigenvalue weighted by atomic mass is 35.5. The van der Waals surface area contributed by atoms with Crippen molar-refractivity contribution in [3.05, 3.63) is 33.8 Å². The summed E-state index contributed by atoms with van der Waals surface area (Å²) in [6.07, 6.45) is 0.248. The van der Waals surface area contributed by atoms with Crippen molar-refractivity contribution in [3.8, 4) is 0 Å². The number of benzene rings is 1. The van der Waals surface area contributed by atoms with E-state index >= 15 is 0 Å². The summed E-state index contributed by atoms with van der Waals surface area (Å²) < 4.78 is 4.85. The number of carbonyl (C=O) groups is 2. The molecule has 0 saturated carbocycles. The van der Waals surface area contributed by atoms with Crippen LogP contribution in [0, 0.1) is 0 Å². The van der Waals surface area contributed by atoms with Crippen LogP contribution < -0.4 is 0 Å². The first-order valence-corrected chi connectivity index (χ1v) is 8.85. The van der Waals surface area contributed by atoms with Crippen molar-refractivity contribution in [2.24, 2.45) is 0 Å². The SMILES string of the molecule is CCOC(=O)CCC(=O)N1CCSC1c1cccc(Cl)c1Cl. The molecule has 1 unspecified atom stereocenters. The molecule has 1 aromatic rings. The van der Waals surface area contributed by atoms with Gasteiger partial charge in [-0.15, -0.1) is 11.8 Å². The third-order valence-corrected chi connectivity index (χ3v) is 5.38. The molecule has 1 aromatic carbocycles. The highest BCUT2D eigenvalue weighted by Crippen LogP contribution is 2.42. The van der Waals surface area contributed by atoms with E-state index in [1.165, 1.54) is 0 Å². The summed E-state index contributed by atoms with van der Waals surface area (Å²) in [5.41, 5.74) is 0.834. The van der Waals surface area contributed by atoms with Gasteiger partial charge in [-0.05, 0) is 13.0 Å². The van der Waals surface area contributed by atoms with Crippen LogP contribution in [-0.2, 0) is 14.3 Å². The van der Waals surface area contributed by atoms with Crippen LogP contribution in [-0.4, -0.2) is 35.7 Å². The summed E-state index contributed by atoms with van der Waals surface area (Å²) in [5.74, 6) is 0.415. The van der Waals surface area contributed by atoms with Crippen molar-refractivity contribution in [3.63, 3.8) is 0 Å². The van der Waals surface area contributed by atoms with E-state index < -0.39 is 0 Å². The number of thioether (sulfide) groups is 1. The Bertz CT molecular complexity index is 568. The van der Waals surface area contributed by atoms with Gasteiger partial charge in [0, 0.05) is 24.3 Å². The van der Waals surface area contributed by atoms with Gasteiger partial charge in [0.2, 0.25) is 5.91 Å². The molecule has 0 aliphatic carbocycles. The standard InChI is InChI=1S/C15H17Cl2NO3S/c1-2-21-13(20)7-6-12(19)18-8-9-22-15(18)10-4-3-5-11(16)14(10)17/h3-5,15H,2,6-9H2,1H3. The van der Waals surface area contributed by atoms with E-state index in [4.69, 9.17) is 27.9 Å². The first-order valence-electron chi connectivity index (χ1n) is 7.05. The number of rotatable bonds is 5. The van der Waals surface area contributed by atoms with Gasteiger partial charge in [0.1, 0.15) is 5.37 Å². The number of halogens is 2. The number of hydrogen-bond donors (Lipinski definition) is 0. The Labute approximate surface area is 144 Å². The Hall–Kier alpha value is -0.910. The smallest absolute Gasteiger partial charge is 0.306 e. The molecule has 0 radical (unpaired) electrons. The molecule has 1 aliphatic heterocycles. The van der Waals surface area contributed by atoms with Crippen molar-refractivity contribution in [1.29, 1.82) is 0 Å². The van der Waals surface area contributed by atoms with E-state index in [0.717, 1.165) is 11.3 Å². The molecular formula is C15H17Cl2NO3S. The van der Waals surface area contributed by atoms with Crippen molar-refractivity contribution in [2.75, 3.05) is 18.9 Å². The summed E-state index contributed by atoms with van der Waals surface area (Å²) in [6, 6.07) is 5.42. The number of esters is 1. The Kier molecular flexibility index (Phi) is 6.41. The zero-order chi connectivity index (χ0) is 16.1. The molecule has 1 saturated heterocycles. The Morgan fingerprint density at radius 3 is 2.86 bits per heavy atom. The molecule has 0 aromatic heterocycles. The predicted molar refractivity (Wildman–Crippen MR) is 89.2 cm³/mol. The molecule has 1 atom stereocenters. The zero-order valence-electron chi connectivity index (χ0n) is 12.2. The Morgan fingerprint density at radius 1 is 1.36 bits per heavy atom. The van der Waals surface area contributed by atoms with Gasteiger partial charge in [-0.25, -0.2) is 0 Å². The predicted octanol–water partition coefficient (Wildman–Crippen LogP) is 3.91. The largest absolute Gasteiger partial charge is 0.466 e. The quantitative estimate of drug-likeness (QED) is 0.745. The third kappa shape index (κ3) is 4.09. The molecule has 1 aliphatic rings. The number of hydrogen-bond acceptors (Lipinski definition) is 4. The van der Waals surface area contributed by atoms with E-state index in [-0.39, 0.29) is 30.1 Å². The highest BCUT2D eigenvalue weighted by Gasteiger charge is 2.32. The molecular weight excluding hydrogens is 345 g/mol. The lowest BCUT2D eigenvalue weighted by molar-refractivity contribution is -0.145. The lowest BCUT2D eigenvalue weighted by Crippen LogP contribution is -2.30. The lowest BCUT2D eigenvalue weighted by Gasteiger charge is -2.25. The van der Waals surface area contributed by atoms with Crippen LogP contribution in [0.5, 0.6) is 0 Å². The van der Waals surface area contributed by atoms with E-state index in [9.17, 15) is 9.59 Å². The number of carbonyl (C=O) groups excluding carboxylic acids is 2. The van der Waals surface area contributed by atoms with Crippen molar-refractivity contribution in [1.82, 2.24) is 4.90 Å². The molecule has 0 spiro atoms. The van der Waals surface area contributed by atoms with Gasteiger partial charge in [0.05, 0.1) is 23.1 Å². The summed E-state index contributed by atoms with van der Waals surface area (Å²) >= 11 is 14.0. The van der Waals surface area contributed by atoms with E-state index in [1.807, 2.05) is 12.1 Å². The highest BCUT2D eigenvalue weighted by molar-refractivity contribution is 7.99.